The first-order valence-corrected chi connectivity index (χ1v) is 9.94. The Labute approximate surface area is 169 Å². The average molecular weight is 381 g/mol. The summed E-state index contributed by atoms with van der Waals surface area (Å²) in [7, 11) is 0. The van der Waals surface area contributed by atoms with Crippen LogP contribution in [0.15, 0.2) is 90.1 Å². The first kappa shape index (κ1) is 17.7. The van der Waals surface area contributed by atoms with Crippen LogP contribution in [0.25, 0.3) is 16.8 Å². The highest BCUT2D eigenvalue weighted by Crippen LogP contribution is 2.46. The summed E-state index contributed by atoms with van der Waals surface area (Å²) in [4.78, 5) is 17.0. The van der Waals surface area contributed by atoms with Crippen molar-refractivity contribution in [2.45, 2.75) is 25.2 Å². The van der Waals surface area contributed by atoms with Crippen molar-refractivity contribution < 1.29 is 9.18 Å². The van der Waals surface area contributed by atoms with Gasteiger partial charge in [0.25, 0.3) is 0 Å². The number of carbonyl (C=O) groups is 1. The SMILES string of the molecule is O=C1CCC(c2ccccc2)C2=C1C=C(c1ccnc(-c3ccccc3F)c1)C2. The van der Waals surface area contributed by atoms with Crippen LogP contribution < -0.4 is 0 Å². The van der Waals surface area contributed by atoms with Crippen molar-refractivity contribution in [3.05, 3.63) is 107 Å². The van der Waals surface area contributed by atoms with Crippen LogP contribution in [0.2, 0.25) is 0 Å². The van der Waals surface area contributed by atoms with Crippen molar-refractivity contribution in [1.82, 2.24) is 4.98 Å². The van der Waals surface area contributed by atoms with Crippen molar-refractivity contribution in [1.29, 1.82) is 0 Å². The molecule has 0 saturated carbocycles. The van der Waals surface area contributed by atoms with Gasteiger partial charge in [-0.15, -0.1) is 0 Å². The lowest BCUT2D eigenvalue weighted by atomic mass is 9.78. The number of carbonyl (C=O) groups excluding carboxylic acids is 1. The Morgan fingerprint density at radius 2 is 1.76 bits per heavy atom. The summed E-state index contributed by atoms with van der Waals surface area (Å²) in [6.45, 7) is 0. The number of ketones is 1. The lowest BCUT2D eigenvalue weighted by Crippen LogP contribution is -2.15. The molecule has 0 aliphatic heterocycles. The molecular formula is C26H20FNO. The minimum Gasteiger partial charge on any atom is -0.294 e. The summed E-state index contributed by atoms with van der Waals surface area (Å²) in [5.74, 6) is 0.227. The predicted molar refractivity (Wildman–Crippen MR) is 113 cm³/mol. The van der Waals surface area contributed by atoms with E-state index in [2.05, 4.69) is 29.2 Å². The maximum atomic E-state index is 14.2. The Balaban J connectivity index is 1.49. The van der Waals surface area contributed by atoms with Crippen molar-refractivity contribution in [3.63, 3.8) is 0 Å². The minimum atomic E-state index is -0.283. The Morgan fingerprint density at radius 1 is 0.966 bits per heavy atom. The molecule has 142 valence electrons. The highest BCUT2D eigenvalue weighted by atomic mass is 19.1. The van der Waals surface area contributed by atoms with Gasteiger partial charge in [0.05, 0.1) is 5.69 Å². The fourth-order valence-electron chi connectivity index (χ4n) is 4.46. The summed E-state index contributed by atoms with van der Waals surface area (Å²) in [6.07, 6.45) is 5.94. The van der Waals surface area contributed by atoms with Gasteiger partial charge in [0, 0.05) is 29.7 Å². The maximum absolute atomic E-state index is 14.2. The van der Waals surface area contributed by atoms with Crippen LogP contribution in [0.3, 0.4) is 0 Å². The standard InChI is InChI=1S/C26H20FNO/c27-24-9-5-4-8-21(24)25-16-18(12-13-28-25)19-14-22-20(17-6-2-1-3-7-17)10-11-26(29)23(22)15-19/h1-9,12-13,15-16,20H,10-11,14H2. The molecule has 0 amide bonds. The van der Waals surface area contributed by atoms with Gasteiger partial charge >= 0.3 is 0 Å². The summed E-state index contributed by atoms with van der Waals surface area (Å²) < 4.78 is 14.2. The molecule has 5 rings (SSSR count). The summed E-state index contributed by atoms with van der Waals surface area (Å²) in [5, 5.41) is 0. The molecule has 0 saturated heterocycles. The van der Waals surface area contributed by atoms with Gasteiger partial charge in [-0.05, 0) is 65.5 Å². The molecule has 1 heterocycles. The van der Waals surface area contributed by atoms with Gasteiger partial charge in [0.1, 0.15) is 5.82 Å². The third-order valence-corrected chi connectivity index (χ3v) is 5.91. The molecule has 3 heteroatoms. The molecule has 1 unspecified atom stereocenters. The first-order valence-electron chi connectivity index (χ1n) is 9.94. The van der Waals surface area contributed by atoms with E-state index >= 15 is 0 Å². The number of aromatic nitrogens is 1. The van der Waals surface area contributed by atoms with E-state index in [4.69, 9.17) is 0 Å². The molecule has 2 aromatic carbocycles. The molecule has 1 atom stereocenters. The fraction of sp³-hybridized carbons (Fsp3) is 0.154. The van der Waals surface area contributed by atoms with Crippen LogP contribution >= 0.6 is 0 Å². The summed E-state index contributed by atoms with van der Waals surface area (Å²) in [5.41, 5.74) is 6.54. The van der Waals surface area contributed by atoms with E-state index in [1.54, 1.807) is 18.3 Å². The zero-order chi connectivity index (χ0) is 19.8. The molecule has 0 N–H and O–H groups in total. The van der Waals surface area contributed by atoms with E-state index in [0.29, 0.717) is 17.7 Å². The number of nitrogens with zero attached hydrogens (tertiary/aromatic N) is 1. The molecule has 29 heavy (non-hydrogen) atoms. The second kappa shape index (κ2) is 7.25. The van der Waals surface area contributed by atoms with Crippen molar-refractivity contribution >= 4 is 11.4 Å². The number of allylic oxidation sites excluding steroid dienone is 4. The smallest absolute Gasteiger partial charge is 0.162 e. The van der Waals surface area contributed by atoms with Gasteiger partial charge in [0.15, 0.2) is 5.78 Å². The van der Waals surface area contributed by atoms with Gasteiger partial charge in [-0.3, -0.25) is 9.78 Å². The molecule has 3 aromatic rings. The lowest BCUT2D eigenvalue weighted by Gasteiger charge is -2.25. The largest absolute Gasteiger partial charge is 0.294 e. The topological polar surface area (TPSA) is 30.0 Å². The highest BCUT2D eigenvalue weighted by molar-refractivity contribution is 6.04. The Bertz CT molecular complexity index is 1160. The minimum absolute atomic E-state index is 0.227. The Kier molecular flexibility index (Phi) is 4.44. The quantitative estimate of drug-likeness (QED) is 0.547. The van der Waals surface area contributed by atoms with E-state index in [-0.39, 0.29) is 17.5 Å². The monoisotopic (exact) mass is 381 g/mol. The molecule has 2 nitrogen and oxygen atoms in total. The van der Waals surface area contributed by atoms with Gasteiger partial charge < -0.3 is 0 Å². The molecule has 0 spiro atoms. The normalized spacial score (nSPS) is 18.6. The zero-order valence-corrected chi connectivity index (χ0v) is 15.9. The van der Waals surface area contributed by atoms with E-state index in [0.717, 1.165) is 29.6 Å². The van der Waals surface area contributed by atoms with E-state index in [9.17, 15) is 9.18 Å². The summed E-state index contributed by atoms with van der Waals surface area (Å²) in [6, 6.07) is 21.0. The number of hydrogen-bond donors (Lipinski definition) is 0. The highest BCUT2D eigenvalue weighted by Gasteiger charge is 2.32. The van der Waals surface area contributed by atoms with Crippen molar-refractivity contribution in [2.75, 3.05) is 0 Å². The van der Waals surface area contributed by atoms with Gasteiger partial charge in [0.2, 0.25) is 0 Å². The van der Waals surface area contributed by atoms with Gasteiger partial charge in [-0.2, -0.15) is 0 Å². The third-order valence-electron chi connectivity index (χ3n) is 5.91. The zero-order valence-electron chi connectivity index (χ0n) is 15.9. The van der Waals surface area contributed by atoms with Crippen LogP contribution in [0.4, 0.5) is 4.39 Å². The molecule has 0 fully saturated rings. The van der Waals surface area contributed by atoms with E-state index < -0.39 is 0 Å². The van der Waals surface area contributed by atoms with Crippen LogP contribution in [0.5, 0.6) is 0 Å². The number of Topliss-reactive ketones (excluding diaryl/α,β-unsaturated/α-hetero) is 1. The summed E-state index contributed by atoms with van der Waals surface area (Å²) >= 11 is 0. The van der Waals surface area contributed by atoms with Crippen LogP contribution in [-0.2, 0) is 4.79 Å². The fourth-order valence-corrected chi connectivity index (χ4v) is 4.46. The molecule has 2 aliphatic rings. The second-order valence-corrected chi connectivity index (χ2v) is 7.62. The van der Waals surface area contributed by atoms with E-state index in [1.165, 1.54) is 17.2 Å². The van der Waals surface area contributed by atoms with Crippen LogP contribution in [0, 0.1) is 5.82 Å². The van der Waals surface area contributed by atoms with Gasteiger partial charge in [-0.25, -0.2) is 4.39 Å². The molecule has 0 bridgehead atoms. The van der Waals surface area contributed by atoms with Crippen molar-refractivity contribution in [2.24, 2.45) is 0 Å². The van der Waals surface area contributed by atoms with Gasteiger partial charge in [-0.1, -0.05) is 42.5 Å². The number of halogens is 1. The second-order valence-electron chi connectivity index (χ2n) is 7.62. The number of pyridine rings is 1. The molecule has 0 radical (unpaired) electrons. The third kappa shape index (κ3) is 3.23. The van der Waals surface area contributed by atoms with Crippen LogP contribution in [-0.4, -0.2) is 10.8 Å². The average Bonchev–Trinajstić information content (AvgIpc) is 3.22. The number of rotatable bonds is 3. The van der Waals surface area contributed by atoms with Crippen molar-refractivity contribution in [3.8, 4) is 11.3 Å². The molecule has 1 aromatic heterocycles. The number of benzene rings is 2. The molecular weight excluding hydrogens is 361 g/mol. The van der Waals surface area contributed by atoms with Crippen LogP contribution in [0.1, 0.15) is 36.3 Å². The Hall–Kier alpha value is -3.33. The number of hydrogen-bond acceptors (Lipinski definition) is 2. The molecule has 2 aliphatic carbocycles. The van der Waals surface area contributed by atoms with E-state index in [1.807, 2.05) is 30.3 Å². The Morgan fingerprint density at radius 3 is 2.59 bits per heavy atom. The predicted octanol–water partition coefficient (Wildman–Crippen LogP) is 6.12. The lowest BCUT2D eigenvalue weighted by molar-refractivity contribution is -0.115. The first-order chi connectivity index (χ1) is 14.2. The maximum Gasteiger partial charge on any atom is 0.162 e.